The highest BCUT2D eigenvalue weighted by molar-refractivity contribution is 7.92. The molecule has 1 N–H and O–H groups in total. The number of hydrogen-bond donors (Lipinski definition) is 1. The Morgan fingerprint density at radius 2 is 1.63 bits per heavy atom. The topological polar surface area (TPSA) is 88.2 Å². The third-order valence-electron chi connectivity index (χ3n) is 6.03. The first-order valence-corrected chi connectivity index (χ1v) is 13.0. The number of halogens is 1. The van der Waals surface area contributed by atoms with Gasteiger partial charge in [0.1, 0.15) is 0 Å². The van der Waals surface area contributed by atoms with Gasteiger partial charge in [0, 0.05) is 37.7 Å². The van der Waals surface area contributed by atoms with Crippen molar-refractivity contribution < 1.29 is 22.7 Å². The van der Waals surface area contributed by atoms with Crippen molar-refractivity contribution in [3.05, 3.63) is 82.9 Å². The minimum Gasteiger partial charge on any atom is -0.454 e. The number of hydrogen-bond acceptors (Lipinski definition) is 6. The summed E-state index contributed by atoms with van der Waals surface area (Å²) >= 11 is 5.87. The van der Waals surface area contributed by atoms with Crippen molar-refractivity contribution in [2.24, 2.45) is 0 Å². The fourth-order valence-corrected chi connectivity index (χ4v) is 5.36. The molecule has 2 heterocycles. The van der Waals surface area contributed by atoms with E-state index in [0.29, 0.717) is 36.8 Å². The van der Waals surface area contributed by atoms with Crippen LogP contribution in [0.25, 0.3) is 0 Å². The molecule has 182 valence electrons. The number of nitrogens with zero attached hydrogens (tertiary/aromatic N) is 2. The summed E-state index contributed by atoms with van der Waals surface area (Å²) in [5.41, 5.74) is 1.68. The Bertz CT molecular complexity index is 1340. The molecule has 0 aromatic heterocycles. The number of ether oxygens (including phenoxy) is 2. The molecule has 2 aliphatic rings. The lowest BCUT2D eigenvalue weighted by atomic mass is 10.1. The van der Waals surface area contributed by atoms with Gasteiger partial charge in [-0.25, -0.2) is 8.42 Å². The van der Waals surface area contributed by atoms with Gasteiger partial charge in [0.05, 0.1) is 16.1 Å². The Kier molecular flexibility index (Phi) is 6.55. The Morgan fingerprint density at radius 3 is 2.40 bits per heavy atom. The minimum atomic E-state index is -3.87. The van der Waals surface area contributed by atoms with Crippen LogP contribution in [-0.2, 0) is 16.6 Å². The van der Waals surface area contributed by atoms with E-state index < -0.39 is 10.0 Å². The standard InChI is InChI=1S/C25H24ClN3O5S/c26-19-6-8-20(9-7-19)35(31,32)27-22-4-2-1-3-21(22)25(30)29-13-11-28(12-14-29)16-18-5-10-23-24(15-18)34-17-33-23/h1-10,15,27H,11-14,16-17H2. The van der Waals surface area contributed by atoms with E-state index in [9.17, 15) is 13.2 Å². The van der Waals surface area contributed by atoms with E-state index >= 15 is 0 Å². The summed E-state index contributed by atoms with van der Waals surface area (Å²) in [5.74, 6) is 1.31. The first-order valence-electron chi connectivity index (χ1n) is 11.2. The zero-order valence-electron chi connectivity index (χ0n) is 18.8. The van der Waals surface area contributed by atoms with Crippen LogP contribution in [0.15, 0.2) is 71.6 Å². The lowest BCUT2D eigenvalue weighted by molar-refractivity contribution is 0.0629. The Labute approximate surface area is 209 Å². The number of benzene rings is 3. The number of carbonyl (C=O) groups excluding carboxylic acids is 1. The summed E-state index contributed by atoms with van der Waals surface area (Å²) < 4.78 is 39.1. The van der Waals surface area contributed by atoms with E-state index in [1.807, 2.05) is 18.2 Å². The van der Waals surface area contributed by atoms with Crippen LogP contribution in [0.3, 0.4) is 0 Å². The Balaban J connectivity index is 1.24. The lowest BCUT2D eigenvalue weighted by Crippen LogP contribution is -2.48. The number of nitrogens with one attached hydrogen (secondary N) is 1. The third kappa shape index (κ3) is 5.22. The van der Waals surface area contributed by atoms with Crippen molar-refractivity contribution in [2.45, 2.75) is 11.4 Å². The molecule has 5 rings (SSSR count). The lowest BCUT2D eigenvalue weighted by Gasteiger charge is -2.35. The van der Waals surface area contributed by atoms with Crippen LogP contribution in [0.4, 0.5) is 5.69 Å². The van der Waals surface area contributed by atoms with Gasteiger partial charge in [0.15, 0.2) is 11.5 Å². The van der Waals surface area contributed by atoms with Gasteiger partial charge in [-0.15, -0.1) is 0 Å². The highest BCUT2D eigenvalue weighted by Crippen LogP contribution is 2.33. The van der Waals surface area contributed by atoms with Crippen LogP contribution in [-0.4, -0.2) is 57.1 Å². The van der Waals surface area contributed by atoms with Crippen LogP contribution in [0.5, 0.6) is 11.5 Å². The van der Waals surface area contributed by atoms with Gasteiger partial charge < -0.3 is 14.4 Å². The maximum absolute atomic E-state index is 13.3. The third-order valence-corrected chi connectivity index (χ3v) is 7.66. The van der Waals surface area contributed by atoms with Crippen molar-refractivity contribution in [3.8, 4) is 11.5 Å². The fraction of sp³-hybridized carbons (Fsp3) is 0.240. The second-order valence-electron chi connectivity index (χ2n) is 8.36. The van der Waals surface area contributed by atoms with Crippen molar-refractivity contribution in [2.75, 3.05) is 37.7 Å². The molecule has 0 unspecified atom stereocenters. The summed E-state index contributed by atoms with van der Waals surface area (Å²) in [6, 6.07) is 18.5. The molecule has 0 bridgehead atoms. The Hall–Kier alpha value is -3.27. The summed E-state index contributed by atoms with van der Waals surface area (Å²) in [4.78, 5) is 17.4. The highest BCUT2D eigenvalue weighted by Gasteiger charge is 2.26. The van der Waals surface area contributed by atoms with Gasteiger partial charge in [-0.2, -0.15) is 0 Å². The molecule has 0 radical (unpaired) electrons. The van der Waals surface area contributed by atoms with Gasteiger partial charge in [-0.1, -0.05) is 29.8 Å². The van der Waals surface area contributed by atoms with Gasteiger partial charge in [0.2, 0.25) is 6.79 Å². The average Bonchev–Trinajstić information content (AvgIpc) is 3.32. The molecule has 1 fully saturated rings. The van der Waals surface area contributed by atoms with Crippen LogP contribution < -0.4 is 14.2 Å². The summed E-state index contributed by atoms with van der Waals surface area (Å²) in [5, 5.41) is 0.442. The summed E-state index contributed by atoms with van der Waals surface area (Å²) in [6.45, 7) is 3.49. The van der Waals surface area contributed by atoms with E-state index in [1.54, 1.807) is 29.2 Å². The van der Waals surface area contributed by atoms with E-state index in [-0.39, 0.29) is 23.3 Å². The molecule has 1 amide bonds. The first-order chi connectivity index (χ1) is 16.9. The molecular weight excluding hydrogens is 490 g/mol. The number of amides is 1. The predicted molar refractivity (Wildman–Crippen MR) is 132 cm³/mol. The highest BCUT2D eigenvalue weighted by atomic mass is 35.5. The number of para-hydroxylation sites is 1. The van der Waals surface area contributed by atoms with Crippen LogP contribution in [0.2, 0.25) is 5.02 Å². The molecule has 3 aromatic rings. The molecule has 0 atom stereocenters. The first kappa shape index (κ1) is 23.5. The molecule has 35 heavy (non-hydrogen) atoms. The number of rotatable bonds is 6. The number of sulfonamides is 1. The molecule has 0 spiro atoms. The van der Waals surface area contributed by atoms with E-state index in [1.165, 1.54) is 24.3 Å². The van der Waals surface area contributed by atoms with Crippen molar-refractivity contribution >= 4 is 33.2 Å². The van der Waals surface area contributed by atoms with Crippen LogP contribution in [0, 0.1) is 0 Å². The molecule has 3 aromatic carbocycles. The molecule has 0 saturated carbocycles. The quantitative estimate of drug-likeness (QED) is 0.539. The van der Waals surface area contributed by atoms with Gasteiger partial charge in [-0.3, -0.25) is 14.4 Å². The Morgan fingerprint density at radius 1 is 0.914 bits per heavy atom. The van der Waals surface area contributed by atoms with Gasteiger partial charge in [0.25, 0.3) is 15.9 Å². The molecular formula is C25H24ClN3O5S. The second-order valence-corrected chi connectivity index (χ2v) is 10.5. The van der Waals surface area contributed by atoms with Gasteiger partial charge >= 0.3 is 0 Å². The summed E-state index contributed by atoms with van der Waals surface area (Å²) in [7, 11) is -3.87. The molecule has 8 nitrogen and oxygen atoms in total. The molecule has 0 aliphatic carbocycles. The summed E-state index contributed by atoms with van der Waals surface area (Å²) in [6.07, 6.45) is 0. The van der Waals surface area contributed by atoms with Crippen molar-refractivity contribution in [3.63, 3.8) is 0 Å². The van der Waals surface area contributed by atoms with Gasteiger partial charge in [-0.05, 0) is 54.1 Å². The number of anilines is 1. The predicted octanol–water partition coefficient (Wildman–Crippen LogP) is 3.83. The maximum Gasteiger partial charge on any atom is 0.261 e. The number of carbonyl (C=O) groups is 1. The van der Waals surface area contributed by atoms with E-state index in [2.05, 4.69) is 9.62 Å². The fourth-order valence-electron chi connectivity index (χ4n) is 4.15. The number of piperazine rings is 1. The largest absolute Gasteiger partial charge is 0.454 e. The van der Waals surface area contributed by atoms with E-state index in [4.69, 9.17) is 21.1 Å². The van der Waals surface area contributed by atoms with Crippen LogP contribution in [0.1, 0.15) is 15.9 Å². The second kappa shape index (κ2) is 9.77. The maximum atomic E-state index is 13.3. The smallest absolute Gasteiger partial charge is 0.261 e. The van der Waals surface area contributed by atoms with Crippen molar-refractivity contribution in [1.82, 2.24) is 9.80 Å². The zero-order chi connectivity index (χ0) is 24.4. The molecule has 10 heteroatoms. The minimum absolute atomic E-state index is 0.0706. The number of fused-ring (bicyclic) bond motifs is 1. The van der Waals surface area contributed by atoms with Crippen molar-refractivity contribution in [1.29, 1.82) is 0 Å². The van der Waals surface area contributed by atoms with Crippen LogP contribution >= 0.6 is 11.6 Å². The molecule has 1 saturated heterocycles. The monoisotopic (exact) mass is 513 g/mol. The SMILES string of the molecule is O=C(c1ccccc1NS(=O)(=O)c1ccc(Cl)cc1)N1CCN(Cc2ccc3c(c2)OCO3)CC1. The normalized spacial score (nSPS) is 15.7. The zero-order valence-corrected chi connectivity index (χ0v) is 20.4. The average molecular weight is 514 g/mol. The van der Waals surface area contributed by atoms with E-state index in [0.717, 1.165) is 23.6 Å². The molecule has 2 aliphatic heterocycles.